The van der Waals surface area contributed by atoms with Crippen molar-refractivity contribution >= 4 is 17.0 Å². The summed E-state index contributed by atoms with van der Waals surface area (Å²) in [7, 11) is -2.42. The van der Waals surface area contributed by atoms with Gasteiger partial charge in [-0.05, 0) is 26.8 Å². The first kappa shape index (κ1) is 22.5. The molecular weight excluding hydrogens is 381 g/mol. The predicted octanol–water partition coefficient (Wildman–Crippen LogP) is 3.84. The van der Waals surface area contributed by atoms with Crippen LogP contribution in [0.4, 0.5) is 22.0 Å². The zero-order valence-corrected chi connectivity index (χ0v) is 15.2. The largest absolute Gasteiger partial charge is 0.481 e. The number of hydrogen-bond donors (Lipinski definition) is 2. The molecule has 26 heavy (non-hydrogen) atoms. The fraction of sp³-hybridized carbons (Fsp3) is 0.562. The number of benzene rings is 1. The lowest BCUT2D eigenvalue weighted by Crippen LogP contribution is -2.63. The van der Waals surface area contributed by atoms with Gasteiger partial charge in [-0.25, -0.2) is 30.9 Å². The minimum absolute atomic E-state index is 0.724. The van der Waals surface area contributed by atoms with Gasteiger partial charge >= 0.3 is 5.97 Å². The number of carboxylic acids is 1. The Morgan fingerprint density at radius 2 is 1.77 bits per heavy atom. The van der Waals surface area contributed by atoms with Crippen molar-refractivity contribution < 1.29 is 36.1 Å². The highest BCUT2D eigenvalue weighted by Crippen LogP contribution is 2.46. The smallest absolute Gasteiger partial charge is 0.303 e. The molecule has 4 nitrogen and oxygen atoms in total. The Morgan fingerprint density at radius 1 is 1.23 bits per heavy atom. The van der Waals surface area contributed by atoms with E-state index in [1.54, 1.807) is 4.72 Å². The summed E-state index contributed by atoms with van der Waals surface area (Å²) in [6.07, 6.45) is -6.50. The molecule has 0 aliphatic heterocycles. The highest BCUT2D eigenvalue weighted by molar-refractivity contribution is 7.84. The first-order valence-corrected chi connectivity index (χ1v) is 8.73. The van der Waals surface area contributed by atoms with Crippen molar-refractivity contribution in [3.63, 3.8) is 0 Å². The van der Waals surface area contributed by atoms with Crippen LogP contribution in [0.1, 0.15) is 39.2 Å². The molecule has 0 aliphatic carbocycles. The van der Waals surface area contributed by atoms with Crippen LogP contribution in [0.5, 0.6) is 0 Å². The van der Waals surface area contributed by atoms with E-state index in [-0.39, 0.29) is 0 Å². The average Bonchev–Trinajstić information content (AvgIpc) is 2.49. The second-order valence-electron chi connectivity index (χ2n) is 6.67. The molecule has 0 fully saturated rings. The lowest BCUT2D eigenvalue weighted by molar-refractivity contribution is -0.159. The Morgan fingerprint density at radius 3 is 2.19 bits per heavy atom. The van der Waals surface area contributed by atoms with E-state index in [0.29, 0.717) is 0 Å². The minimum Gasteiger partial charge on any atom is -0.481 e. The number of carboxylic acid groups (broad SMARTS) is 1. The van der Waals surface area contributed by atoms with Crippen molar-refractivity contribution in [2.24, 2.45) is 0 Å². The molecule has 0 heterocycles. The molecule has 1 aromatic rings. The van der Waals surface area contributed by atoms with Gasteiger partial charge in [-0.15, -0.1) is 0 Å². The molecule has 148 valence electrons. The lowest BCUT2D eigenvalue weighted by Gasteiger charge is -2.41. The Hall–Kier alpha value is -1.55. The first-order valence-electron chi connectivity index (χ1n) is 7.58. The third-order valence-corrected chi connectivity index (χ3v) is 5.29. The van der Waals surface area contributed by atoms with Gasteiger partial charge in [-0.3, -0.25) is 4.79 Å². The highest BCUT2D eigenvalue weighted by Gasteiger charge is 2.63. The Bertz CT molecular complexity index is 678. The van der Waals surface area contributed by atoms with E-state index in [4.69, 9.17) is 5.11 Å². The van der Waals surface area contributed by atoms with Gasteiger partial charge in [0.05, 0.1) is 22.2 Å². The summed E-state index contributed by atoms with van der Waals surface area (Å²) in [5.74, 6) is -7.39. The summed E-state index contributed by atoms with van der Waals surface area (Å²) < 4.78 is 84.8. The number of aliphatic carboxylic acids is 1. The molecule has 10 heteroatoms. The molecule has 1 rings (SSSR count). The van der Waals surface area contributed by atoms with Gasteiger partial charge in [0.1, 0.15) is 5.82 Å². The van der Waals surface area contributed by atoms with Crippen LogP contribution >= 0.6 is 0 Å². The van der Waals surface area contributed by atoms with Crippen LogP contribution < -0.4 is 4.72 Å². The maximum Gasteiger partial charge on any atom is 0.303 e. The normalized spacial score (nSPS) is 16.3. The molecule has 0 radical (unpaired) electrons. The van der Waals surface area contributed by atoms with Crippen molar-refractivity contribution in [2.45, 2.75) is 56.2 Å². The number of hydrogen-bond acceptors (Lipinski definition) is 2. The van der Waals surface area contributed by atoms with Crippen LogP contribution in [-0.4, -0.2) is 32.4 Å². The van der Waals surface area contributed by atoms with Crippen LogP contribution in [0.25, 0.3) is 0 Å². The van der Waals surface area contributed by atoms with Gasteiger partial charge < -0.3 is 5.11 Å². The van der Waals surface area contributed by atoms with Crippen molar-refractivity contribution in [1.82, 2.24) is 4.72 Å². The molecule has 0 saturated carbocycles. The molecule has 2 atom stereocenters. The topological polar surface area (TPSA) is 66.4 Å². The van der Waals surface area contributed by atoms with E-state index in [0.717, 1.165) is 24.3 Å². The third-order valence-electron chi connectivity index (χ3n) is 3.67. The molecule has 2 N–H and O–H groups in total. The van der Waals surface area contributed by atoms with E-state index in [2.05, 4.69) is 0 Å². The SMILES string of the molecule is CC(C)(C)S(=O)NC(c1ccccc1F)(C(F)F)C(F)(F)CCC(=O)O. The lowest BCUT2D eigenvalue weighted by atomic mass is 9.82. The molecule has 0 aliphatic rings. The Balaban J connectivity index is 3.64. The Labute approximate surface area is 150 Å². The maximum atomic E-state index is 14.9. The molecular formula is C16H20F5NO3S. The van der Waals surface area contributed by atoms with Crippen molar-refractivity contribution in [3.05, 3.63) is 35.6 Å². The van der Waals surface area contributed by atoms with Crippen molar-refractivity contribution in [1.29, 1.82) is 0 Å². The highest BCUT2D eigenvalue weighted by atomic mass is 32.2. The second-order valence-corrected chi connectivity index (χ2v) is 8.64. The zero-order chi connectivity index (χ0) is 20.3. The summed E-state index contributed by atoms with van der Waals surface area (Å²) in [5.41, 5.74) is -4.74. The van der Waals surface area contributed by atoms with Gasteiger partial charge in [0.2, 0.25) is 0 Å². The monoisotopic (exact) mass is 401 g/mol. The van der Waals surface area contributed by atoms with Gasteiger partial charge in [-0.2, -0.15) is 0 Å². The number of alkyl halides is 4. The van der Waals surface area contributed by atoms with Crippen molar-refractivity contribution in [3.8, 4) is 0 Å². The van der Waals surface area contributed by atoms with Crippen LogP contribution in [0.3, 0.4) is 0 Å². The second kappa shape index (κ2) is 7.99. The predicted molar refractivity (Wildman–Crippen MR) is 86.9 cm³/mol. The molecule has 0 amide bonds. The van der Waals surface area contributed by atoms with Gasteiger partial charge in [0, 0.05) is 12.0 Å². The van der Waals surface area contributed by atoms with Gasteiger partial charge in [0.25, 0.3) is 12.3 Å². The standard InChI is InChI=1S/C16H20F5NO3S/c1-14(2,3)26(25)22-16(13(18)19,10-6-4-5-7-11(10)17)15(20,21)9-8-12(23)24/h4-7,13,22H,8-9H2,1-3H3,(H,23,24). The summed E-state index contributed by atoms with van der Waals surface area (Å²) in [5, 5.41) is 8.64. The summed E-state index contributed by atoms with van der Waals surface area (Å²) >= 11 is 0. The third kappa shape index (κ3) is 4.59. The molecule has 0 aromatic heterocycles. The molecule has 0 bridgehead atoms. The van der Waals surface area contributed by atoms with Crippen LogP contribution in [0.2, 0.25) is 0 Å². The van der Waals surface area contributed by atoms with Crippen molar-refractivity contribution in [2.75, 3.05) is 0 Å². The minimum atomic E-state index is -4.41. The summed E-state index contributed by atoms with van der Waals surface area (Å²) in [6, 6.07) is 3.68. The van der Waals surface area contributed by atoms with Crippen LogP contribution in [0, 0.1) is 5.82 Å². The molecule has 0 saturated heterocycles. The Kier molecular flexibility index (Phi) is 6.92. The molecule has 1 aromatic carbocycles. The van der Waals surface area contributed by atoms with E-state index < -0.39 is 63.8 Å². The molecule has 0 spiro atoms. The zero-order valence-electron chi connectivity index (χ0n) is 14.4. The number of carbonyl (C=O) groups is 1. The van der Waals surface area contributed by atoms with E-state index in [9.17, 15) is 31.0 Å². The van der Waals surface area contributed by atoms with Crippen LogP contribution in [-0.2, 0) is 21.3 Å². The van der Waals surface area contributed by atoms with E-state index >= 15 is 0 Å². The molecule has 2 unspecified atom stereocenters. The van der Waals surface area contributed by atoms with Crippen LogP contribution in [0.15, 0.2) is 24.3 Å². The number of halogens is 5. The average molecular weight is 401 g/mol. The van der Waals surface area contributed by atoms with E-state index in [1.165, 1.54) is 20.8 Å². The van der Waals surface area contributed by atoms with Gasteiger partial charge in [0.15, 0.2) is 5.54 Å². The summed E-state index contributed by atoms with van der Waals surface area (Å²) in [6.45, 7) is 4.09. The van der Waals surface area contributed by atoms with Gasteiger partial charge in [-0.1, -0.05) is 18.2 Å². The number of rotatable bonds is 8. The first-order chi connectivity index (χ1) is 11.8. The summed E-state index contributed by atoms with van der Waals surface area (Å²) in [4.78, 5) is 10.7. The quantitative estimate of drug-likeness (QED) is 0.651. The number of nitrogens with one attached hydrogen (secondary N) is 1. The fourth-order valence-electron chi connectivity index (χ4n) is 2.19. The fourth-order valence-corrected chi connectivity index (χ4v) is 3.14. The maximum absolute atomic E-state index is 14.9. The van der Waals surface area contributed by atoms with E-state index in [1.807, 2.05) is 0 Å².